The number of amides is 2. The van der Waals surface area contributed by atoms with Crippen LogP contribution < -0.4 is 10.6 Å². The second kappa shape index (κ2) is 10.5. The molecule has 168 valence electrons. The zero-order chi connectivity index (χ0) is 22.3. The number of ether oxygens (including phenoxy) is 1. The summed E-state index contributed by atoms with van der Waals surface area (Å²) >= 11 is 0. The minimum absolute atomic E-state index is 0.288. The molecule has 6 nitrogen and oxygen atoms in total. The van der Waals surface area contributed by atoms with E-state index in [9.17, 15) is 9.59 Å². The molecule has 6 heteroatoms. The van der Waals surface area contributed by atoms with Crippen LogP contribution in [0.15, 0.2) is 71.9 Å². The van der Waals surface area contributed by atoms with Crippen molar-refractivity contribution in [3.8, 4) is 0 Å². The van der Waals surface area contributed by atoms with Gasteiger partial charge in [-0.3, -0.25) is 4.90 Å². The topological polar surface area (TPSA) is 70.7 Å². The smallest absolute Gasteiger partial charge is 0.338 e. The van der Waals surface area contributed by atoms with Crippen molar-refractivity contribution < 1.29 is 14.3 Å². The first-order chi connectivity index (χ1) is 15.6. The van der Waals surface area contributed by atoms with Gasteiger partial charge in [0.2, 0.25) is 0 Å². The highest BCUT2D eigenvalue weighted by atomic mass is 16.5. The van der Waals surface area contributed by atoms with E-state index in [0.29, 0.717) is 23.7 Å². The number of urea groups is 1. The van der Waals surface area contributed by atoms with Gasteiger partial charge in [0.25, 0.3) is 0 Å². The molecule has 0 bridgehead atoms. The Kier molecular flexibility index (Phi) is 7.22. The molecule has 2 N–H and O–H groups in total. The summed E-state index contributed by atoms with van der Waals surface area (Å²) < 4.78 is 5.36. The first kappa shape index (κ1) is 22.1. The van der Waals surface area contributed by atoms with Gasteiger partial charge in [0.1, 0.15) is 0 Å². The van der Waals surface area contributed by atoms with Crippen molar-refractivity contribution in [2.24, 2.45) is 5.92 Å². The number of likely N-dealkylation sites (tertiary alicyclic amines) is 1. The van der Waals surface area contributed by atoms with E-state index in [-0.39, 0.29) is 18.6 Å². The molecule has 2 aliphatic heterocycles. The van der Waals surface area contributed by atoms with E-state index in [4.69, 9.17) is 4.74 Å². The summed E-state index contributed by atoms with van der Waals surface area (Å²) in [5, 5.41) is 5.79. The Morgan fingerprint density at radius 1 is 1.03 bits per heavy atom. The Morgan fingerprint density at radius 3 is 2.34 bits per heavy atom. The standard InChI is InChI=1S/C26H31N3O3/c1-2-32-25(30)23-22(27-26(31)28-24(23)21-11-7-4-8-12-21)18-29-15-13-20(14-16-29)17-19-9-5-3-6-10-19/h3-12,20,24H,2,13-18H2,1H3,(H2,27,28,31). The maximum Gasteiger partial charge on any atom is 0.338 e. The molecule has 0 aromatic heterocycles. The van der Waals surface area contributed by atoms with Crippen molar-refractivity contribution in [1.82, 2.24) is 15.5 Å². The van der Waals surface area contributed by atoms with Gasteiger partial charge in [0.05, 0.1) is 18.2 Å². The van der Waals surface area contributed by atoms with Gasteiger partial charge in [0.15, 0.2) is 0 Å². The largest absolute Gasteiger partial charge is 0.463 e. The highest BCUT2D eigenvalue weighted by Crippen LogP contribution is 2.29. The van der Waals surface area contributed by atoms with Gasteiger partial charge in [-0.05, 0) is 56.3 Å². The second-order valence-electron chi connectivity index (χ2n) is 8.46. The van der Waals surface area contributed by atoms with Crippen molar-refractivity contribution in [2.45, 2.75) is 32.2 Å². The van der Waals surface area contributed by atoms with Crippen molar-refractivity contribution >= 4 is 12.0 Å². The number of benzene rings is 2. The zero-order valence-electron chi connectivity index (χ0n) is 18.5. The number of rotatable bonds is 7. The predicted octanol–water partition coefficient (Wildman–Crippen LogP) is 3.81. The van der Waals surface area contributed by atoms with E-state index in [2.05, 4.69) is 45.9 Å². The lowest BCUT2D eigenvalue weighted by atomic mass is 9.89. The molecule has 2 aromatic carbocycles. The molecule has 2 amide bonds. The minimum atomic E-state index is -0.519. The fraction of sp³-hybridized carbons (Fsp3) is 0.385. The van der Waals surface area contributed by atoms with E-state index in [1.54, 1.807) is 6.92 Å². The average Bonchev–Trinajstić information content (AvgIpc) is 2.81. The third kappa shape index (κ3) is 5.37. The summed E-state index contributed by atoms with van der Waals surface area (Å²) in [6.45, 7) is 4.49. The highest BCUT2D eigenvalue weighted by molar-refractivity contribution is 5.95. The third-order valence-electron chi connectivity index (χ3n) is 6.24. The SMILES string of the molecule is CCOC(=O)C1=C(CN2CCC(Cc3ccccc3)CC2)NC(=O)NC1c1ccccc1. The number of carbonyl (C=O) groups excluding carboxylic acids is 2. The molecule has 1 saturated heterocycles. The summed E-state index contributed by atoms with van der Waals surface area (Å²) in [5.74, 6) is 0.273. The minimum Gasteiger partial charge on any atom is -0.463 e. The molecule has 0 radical (unpaired) electrons. The molecular formula is C26H31N3O3. The Morgan fingerprint density at radius 2 is 1.69 bits per heavy atom. The number of nitrogens with one attached hydrogen (secondary N) is 2. The van der Waals surface area contributed by atoms with Crippen molar-refractivity contribution in [3.05, 3.63) is 83.1 Å². The Bertz CT molecular complexity index is 951. The Hall–Kier alpha value is -3.12. The maximum absolute atomic E-state index is 12.9. The van der Waals surface area contributed by atoms with Crippen LogP contribution in [0.25, 0.3) is 0 Å². The quantitative estimate of drug-likeness (QED) is 0.652. The molecule has 2 heterocycles. The van der Waals surface area contributed by atoms with Crippen molar-refractivity contribution in [2.75, 3.05) is 26.2 Å². The molecule has 2 aliphatic rings. The van der Waals surface area contributed by atoms with Crippen LogP contribution in [0.4, 0.5) is 4.79 Å². The molecule has 1 fully saturated rings. The molecule has 2 aromatic rings. The number of piperidine rings is 1. The summed E-state index contributed by atoms with van der Waals surface area (Å²) in [6.07, 6.45) is 3.30. The molecule has 1 unspecified atom stereocenters. The number of esters is 1. The average molecular weight is 434 g/mol. The summed E-state index contributed by atoms with van der Waals surface area (Å²) in [4.78, 5) is 27.7. The molecular weight excluding hydrogens is 402 g/mol. The van der Waals surface area contributed by atoms with Crippen molar-refractivity contribution in [1.29, 1.82) is 0 Å². The second-order valence-corrected chi connectivity index (χ2v) is 8.46. The van der Waals surface area contributed by atoms with Gasteiger partial charge in [-0.1, -0.05) is 60.7 Å². The highest BCUT2D eigenvalue weighted by Gasteiger charge is 2.34. The summed E-state index contributed by atoms with van der Waals surface area (Å²) in [5.41, 5.74) is 3.38. The van der Waals surface area contributed by atoms with Crippen LogP contribution in [-0.4, -0.2) is 43.1 Å². The number of carbonyl (C=O) groups is 2. The molecule has 1 atom stereocenters. The fourth-order valence-corrected chi connectivity index (χ4v) is 4.61. The first-order valence-electron chi connectivity index (χ1n) is 11.4. The van der Waals surface area contributed by atoms with Crippen LogP contribution in [0.3, 0.4) is 0 Å². The van der Waals surface area contributed by atoms with Crippen LogP contribution in [0, 0.1) is 5.92 Å². The molecule has 4 rings (SSSR count). The zero-order valence-corrected chi connectivity index (χ0v) is 18.5. The number of hydrogen-bond acceptors (Lipinski definition) is 4. The van der Waals surface area contributed by atoms with Crippen LogP contribution in [0.2, 0.25) is 0 Å². The number of hydrogen-bond donors (Lipinski definition) is 2. The summed E-state index contributed by atoms with van der Waals surface area (Å²) in [7, 11) is 0. The lowest BCUT2D eigenvalue weighted by Crippen LogP contribution is -2.49. The van der Waals surface area contributed by atoms with Gasteiger partial charge < -0.3 is 15.4 Å². The van der Waals surface area contributed by atoms with E-state index >= 15 is 0 Å². The Balaban J connectivity index is 1.49. The van der Waals surface area contributed by atoms with Crippen LogP contribution >= 0.6 is 0 Å². The fourth-order valence-electron chi connectivity index (χ4n) is 4.61. The molecule has 32 heavy (non-hydrogen) atoms. The van der Waals surface area contributed by atoms with Gasteiger partial charge in [-0.2, -0.15) is 0 Å². The first-order valence-corrected chi connectivity index (χ1v) is 11.4. The van der Waals surface area contributed by atoms with E-state index in [0.717, 1.165) is 37.9 Å². The van der Waals surface area contributed by atoms with E-state index < -0.39 is 6.04 Å². The van der Waals surface area contributed by atoms with Crippen LogP contribution in [0.5, 0.6) is 0 Å². The predicted molar refractivity (Wildman–Crippen MR) is 124 cm³/mol. The van der Waals surface area contributed by atoms with Gasteiger partial charge in [-0.25, -0.2) is 9.59 Å². The lowest BCUT2D eigenvalue weighted by Gasteiger charge is -2.35. The molecule has 0 aliphatic carbocycles. The van der Waals surface area contributed by atoms with Crippen molar-refractivity contribution in [3.63, 3.8) is 0 Å². The maximum atomic E-state index is 12.9. The summed E-state index contributed by atoms with van der Waals surface area (Å²) in [6, 6.07) is 19.4. The monoisotopic (exact) mass is 433 g/mol. The molecule has 0 saturated carbocycles. The normalized spacial score (nSPS) is 19.9. The van der Waals surface area contributed by atoms with Crippen LogP contribution in [-0.2, 0) is 16.0 Å². The van der Waals surface area contributed by atoms with Gasteiger partial charge in [0, 0.05) is 12.2 Å². The number of nitrogens with zero attached hydrogens (tertiary/aromatic N) is 1. The van der Waals surface area contributed by atoms with Crippen LogP contribution in [0.1, 0.15) is 36.9 Å². The third-order valence-corrected chi connectivity index (χ3v) is 6.24. The molecule has 0 spiro atoms. The van der Waals surface area contributed by atoms with Gasteiger partial charge >= 0.3 is 12.0 Å². The van der Waals surface area contributed by atoms with Gasteiger partial charge in [-0.15, -0.1) is 0 Å². The Labute approximate surface area is 189 Å². The lowest BCUT2D eigenvalue weighted by molar-refractivity contribution is -0.139. The van der Waals surface area contributed by atoms with E-state index in [1.807, 2.05) is 30.3 Å². The van der Waals surface area contributed by atoms with E-state index in [1.165, 1.54) is 5.56 Å².